The van der Waals surface area contributed by atoms with Crippen molar-refractivity contribution in [2.45, 2.75) is 13.3 Å². The number of anilines is 1. The van der Waals surface area contributed by atoms with Gasteiger partial charge in [0.1, 0.15) is 5.75 Å². The van der Waals surface area contributed by atoms with Crippen LogP contribution < -0.4 is 15.8 Å². The largest absolute Gasteiger partial charge is 0.495 e. The van der Waals surface area contributed by atoms with E-state index in [0.29, 0.717) is 18.4 Å². The number of methoxy groups -OCH3 is 1. The number of ether oxygens (including phenoxy) is 1. The molecule has 0 aliphatic carbocycles. The number of nitrogens with zero attached hydrogens (tertiary/aromatic N) is 1. The number of hydrogen-bond acceptors (Lipinski definition) is 3. The number of thiophene rings is 1. The van der Waals surface area contributed by atoms with Gasteiger partial charge in [0.2, 0.25) is 0 Å². The number of para-hydroxylation sites is 2. The molecule has 1 unspecified atom stereocenters. The van der Waals surface area contributed by atoms with Crippen molar-refractivity contribution in [2.24, 2.45) is 16.6 Å². The molecule has 1 heterocycles. The molecule has 0 aliphatic rings. The molecule has 3 N–H and O–H groups in total. The third kappa shape index (κ3) is 5.84. The van der Waals surface area contributed by atoms with E-state index in [1.165, 1.54) is 4.88 Å². The number of aliphatic imine (C=N–C) groups is 1. The zero-order valence-electron chi connectivity index (χ0n) is 12.8. The van der Waals surface area contributed by atoms with Crippen LogP contribution in [0.15, 0.2) is 46.8 Å². The fraction of sp³-hybridized carbons (Fsp3) is 0.312. The van der Waals surface area contributed by atoms with Crippen LogP contribution in [0.5, 0.6) is 5.75 Å². The highest BCUT2D eigenvalue weighted by molar-refractivity contribution is 14.0. The predicted octanol–water partition coefficient (Wildman–Crippen LogP) is 3.98. The van der Waals surface area contributed by atoms with Gasteiger partial charge in [-0.25, -0.2) is 0 Å². The van der Waals surface area contributed by atoms with Gasteiger partial charge in [0.15, 0.2) is 5.96 Å². The molecule has 6 heteroatoms. The van der Waals surface area contributed by atoms with Gasteiger partial charge >= 0.3 is 0 Å². The zero-order valence-corrected chi connectivity index (χ0v) is 15.9. The number of guanidine groups is 1. The maximum absolute atomic E-state index is 5.94. The fourth-order valence-electron chi connectivity index (χ4n) is 2.02. The number of rotatable bonds is 6. The molecule has 1 aromatic heterocycles. The Balaban J connectivity index is 0.00000242. The van der Waals surface area contributed by atoms with Crippen LogP contribution in [0.4, 0.5) is 5.69 Å². The second-order valence-corrected chi connectivity index (χ2v) is 5.97. The first-order valence-corrected chi connectivity index (χ1v) is 7.79. The molecule has 0 amide bonds. The van der Waals surface area contributed by atoms with Crippen molar-refractivity contribution >= 4 is 47.0 Å². The summed E-state index contributed by atoms with van der Waals surface area (Å²) < 4.78 is 5.27. The van der Waals surface area contributed by atoms with Crippen molar-refractivity contribution in [1.29, 1.82) is 0 Å². The molecule has 2 aromatic rings. The SMILES string of the molecule is COc1ccccc1NC(N)=NCC(C)Cc1cccs1.I. The van der Waals surface area contributed by atoms with E-state index in [2.05, 4.69) is 34.7 Å². The molecular formula is C16H22IN3OS. The Morgan fingerprint density at radius 3 is 2.77 bits per heavy atom. The van der Waals surface area contributed by atoms with Crippen molar-refractivity contribution < 1.29 is 4.74 Å². The molecule has 22 heavy (non-hydrogen) atoms. The summed E-state index contributed by atoms with van der Waals surface area (Å²) in [5.41, 5.74) is 6.76. The van der Waals surface area contributed by atoms with Crippen molar-refractivity contribution in [3.05, 3.63) is 46.7 Å². The van der Waals surface area contributed by atoms with Crippen LogP contribution in [0.2, 0.25) is 0 Å². The van der Waals surface area contributed by atoms with E-state index < -0.39 is 0 Å². The number of nitrogens with one attached hydrogen (secondary N) is 1. The Morgan fingerprint density at radius 1 is 1.32 bits per heavy atom. The van der Waals surface area contributed by atoms with Gasteiger partial charge in [0.25, 0.3) is 0 Å². The Kier molecular flexibility index (Phi) is 8.26. The minimum atomic E-state index is 0. The van der Waals surface area contributed by atoms with Gasteiger partial charge in [-0.05, 0) is 35.9 Å². The van der Waals surface area contributed by atoms with Crippen LogP contribution >= 0.6 is 35.3 Å². The second-order valence-electron chi connectivity index (χ2n) is 4.94. The van der Waals surface area contributed by atoms with Gasteiger partial charge in [-0.15, -0.1) is 35.3 Å². The third-order valence-electron chi connectivity index (χ3n) is 3.07. The van der Waals surface area contributed by atoms with Gasteiger partial charge in [-0.1, -0.05) is 25.1 Å². The van der Waals surface area contributed by atoms with Crippen LogP contribution in [0.25, 0.3) is 0 Å². The predicted molar refractivity (Wildman–Crippen MR) is 106 cm³/mol. The van der Waals surface area contributed by atoms with Crippen LogP contribution in [0, 0.1) is 5.92 Å². The van der Waals surface area contributed by atoms with E-state index >= 15 is 0 Å². The lowest BCUT2D eigenvalue weighted by molar-refractivity contribution is 0.417. The van der Waals surface area contributed by atoms with Gasteiger partial charge in [0, 0.05) is 11.4 Å². The number of halogens is 1. The minimum Gasteiger partial charge on any atom is -0.495 e. The van der Waals surface area contributed by atoms with E-state index in [4.69, 9.17) is 10.5 Å². The summed E-state index contributed by atoms with van der Waals surface area (Å²) in [5.74, 6) is 1.63. The lowest BCUT2D eigenvalue weighted by Crippen LogP contribution is -2.24. The number of hydrogen-bond donors (Lipinski definition) is 2. The molecule has 1 aromatic carbocycles. The number of benzene rings is 1. The molecule has 0 spiro atoms. The summed E-state index contributed by atoms with van der Waals surface area (Å²) in [7, 11) is 1.64. The molecule has 0 radical (unpaired) electrons. The van der Waals surface area contributed by atoms with Crippen LogP contribution in [-0.4, -0.2) is 19.6 Å². The van der Waals surface area contributed by atoms with Crippen molar-refractivity contribution in [2.75, 3.05) is 19.0 Å². The lowest BCUT2D eigenvalue weighted by Gasteiger charge is -2.11. The summed E-state index contributed by atoms with van der Waals surface area (Å²) >= 11 is 1.78. The first-order chi connectivity index (χ1) is 10.2. The van der Waals surface area contributed by atoms with E-state index in [1.807, 2.05) is 24.3 Å². The standard InChI is InChI=1S/C16H21N3OS.HI/c1-12(10-13-6-5-9-21-13)11-18-16(17)19-14-7-3-4-8-15(14)20-2;/h3-9,12H,10-11H2,1-2H3,(H3,17,18,19);1H. The zero-order chi connectivity index (χ0) is 15.1. The Labute approximate surface area is 152 Å². The molecule has 0 bridgehead atoms. The fourth-order valence-corrected chi connectivity index (χ4v) is 2.89. The highest BCUT2D eigenvalue weighted by Crippen LogP contribution is 2.22. The smallest absolute Gasteiger partial charge is 0.193 e. The van der Waals surface area contributed by atoms with E-state index in [-0.39, 0.29) is 24.0 Å². The van der Waals surface area contributed by atoms with Crippen LogP contribution in [0.1, 0.15) is 11.8 Å². The van der Waals surface area contributed by atoms with E-state index in [9.17, 15) is 0 Å². The summed E-state index contributed by atoms with van der Waals surface area (Å²) in [6.45, 7) is 2.88. The molecule has 0 fully saturated rings. The molecule has 4 nitrogen and oxygen atoms in total. The monoisotopic (exact) mass is 431 g/mol. The second kappa shape index (κ2) is 9.68. The van der Waals surface area contributed by atoms with Crippen molar-refractivity contribution in [3.8, 4) is 5.75 Å². The molecular weight excluding hydrogens is 409 g/mol. The van der Waals surface area contributed by atoms with Gasteiger partial charge in [-0.2, -0.15) is 0 Å². The maximum Gasteiger partial charge on any atom is 0.193 e. The van der Waals surface area contributed by atoms with Crippen LogP contribution in [0.3, 0.4) is 0 Å². The average molecular weight is 431 g/mol. The van der Waals surface area contributed by atoms with Gasteiger partial charge in [-0.3, -0.25) is 4.99 Å². The highest BCUT2D eigenvalue weighted by Gasteiger charge is 2.05. The lowest BCUT2D eigenvalue weighted by atomic mass is 10.1. The Morgan fingerprint density at radius 2 is 2.09 bits per heavy atom. The average Bonchev–Trinajstić information content (AvgIpc) is 2.98. The Bertz CT molecular complexity index is 587. The molecule has 0 saturated heterocycles. The quantitative estimate of drug-likeness (QED) is 0.413. The molecule has 0 saturated carbocycles. The third-order valence-corrected chi connectivity index (χ3v) is 3.97. The topological polar surface area (TPSA) is 59.6 Å². The normalized spacial score (nSPS) is 12.4. The molecule has 2 rings (SSSR count). The van der Waals surface area contributed by atoms with Crippen molar-refractivity contribution in [1.82, 2.24) is 0 Å². The van der Waals surface area contributed by atoms with E-state index in [0.717, 1.165) is 17.9 Å². The molecule has 1 atom stereocenters. The van der Waals surface area contributed by atoms with Crippen LogP contribution in [-0.2, 0) is 6.42 Å². The summed E-state index contributed by atoms with van der Waals surface area (Å²) in [6.07, 6.45) is 1.03. The first-order valence-electron chi connectivity index (χ1n) is 6.91. The summed E-state index contributed by atoms with van der Waals surface area (Å²) in [4.78, 5) is 5.79. The first kappa shape index (κ1) is 18.8. The Hall–Kier alpha value is -1.28. The van der Waals surface area contributed by atoms with Crippen molar-refractivity contribution in [3.63, 3.8) is 0 Å². The molecule has 0 aliphatic heterocycles. The van der Waals surface area contributed by atoms with Gasteiger partial charge in [0.05, 0.1) is 12.8 Å². The van der Waals surface area contributed by atoms with Gasteiger partial charge < -0.3 is 15.8 Å². The number of nitrogens with two attached hydrogens (primary N) is 1. The summed E-state index contributed by atoms with van der Waals surface area (Å²) in [5, 5.41) is 5.18. The molecule has 120 valence electrons. The summed E-state index contributed by atoms with van der Waals surface area (Å²) in [6, 6.07) is 11.9. The van der Waals surface area contributed by atoms with E-state index in [1.54, 1.807) is 18.4 Å². The highest BCUT2D eigenvalue weighted by atomic mass is 127. The minimum absolute atomic E-state index is 0. The maximum atomic E-state index is 5.94.